The Morgan fingerprint density at radius 2 is 1.80 bits per heavy atom. The van der Waals surface area contributed by atoms with Gasteiger partial charge in [0.25, 0.3) is 10.0 Å². The molecule has 0 aliphatic carbocycles. The molecule has 5 nitrogen and oxygen atoms in total. The van der Waals surface area contributed by atoms with Crippen LogP contribution in [0.3, 0.4) is 0 Å². The summed E-state index contributed by atoms with van der Waals surface area (Å²) in [6, 6.07) is 6.05. The molecule has 20 heavy (non-hydrogen) atoms. The van der Waals surface area contributed by atoms with Crippen LogP contribution in [0.15, 0.2) is 39.8 Å². The SMILES string of the molecule is CC(C)(C)c1cc(NS(=O)(=O)c2ccc(F)cc2)on1. The lowest BCUT2D eigenvalue weighted by Gasteiger charge is -2.12. The lowest BCUT2D eigenvalue weighted by atomic mass is 9.92. The van der Waals surface area contributed by atoms with E-state index in [1.165, 1.54) is 18.2 Å². The van der Waals surface area contributed by atoms with E-state index in [0.717, 1.165) is 12.1 Å². The molecule has 2 aromatic rings. The fourth-order valence-corrected chi connectivity index (χ4v) is 2.46. The van der Waals surface area contributed by atoms with E-state index in [2.05, 4.69) is 9.88 Å². The van der Waals surface area contributed by atoms with Gasteiger partial charge in [-0.15, -0.1) is 0 Å². The second-order valence-corrected chi connectivity index (χ2v) is 7.07. The fraction of sp³-hybridized carbons (Fsp3) is 0.308. The molecule has 0 aliphatic rings. The maximum atomic E-state index is 12.8. The number of halogens is 1. The van der Waals surface area contributed by atoms with E-state index in [1.807, 2.05) is 20.8 Å². The molecule has 0 bridgehead atoms. The van der Waals surface area contributed by atoms with Crippen LogP contribution in [0.4, 0.5) is 10.3 Å². The number of aromatic nitrogens is 1. The summed E-state index contributed by atoms with van der Waals surface area (Å²) in [7, 11) is -3.81. The number of anilines is 1. The topological polar surface area (TPSA) is 72.2 Å². The number of nitrogens with zero attached hydrogens (tertiary/aromatic N) is 1. The van der Waals surface area contributed by atoms with E-state index in [9.17, 15) is 12.8 Å². The van der Waals surface area contributed by atoms with Gasteiger partial charge in [-0.1, -0.05) is 25.9 Å². The standard InChI is InChI=1S/C13H15FN2O3S/c1-13(2,3)11-8-12(19-15-11)16-20(17,18)10-6-4-9(14)5-7-10/h4-8,16H,1-3H3. The van der Waals surface area contributed by atoms with Gasteiger partial charge in [-0.05, 0) is 24.3 Å². The first kappa shape index (κ1) is 14.5. The number of hydrogen-bond acceptors (Lipinski definition) is 4. The van der Waals surface area contributed by atoms with E-state index >= 15 is 0 Å². The second-order valence-electron chi connectivity index (χ2n) is 5.39. The Balaban J connectivity index is 2.25. The van der Waals surface area contributed by atoms with Crippen molar-refractivity contribution in [1.29, 1.82) is 0 Å². The van der Waals surface area contributed by atoms with Crippen LogP contribution in [-0.4, -0.2) is 13.6 Å². The van der Waals surface area contributed by atoms with Crippen molar-refractivity contribution in [2.75, 3.05) is 4.72 Å². The minimum absolute atomic E-state index is 0.0271. The first-order chi connectivity index (χ1) is 9.18. The van der Waals surface area contributed by atoms with Gasteiger partial charge < -0.3 is 4.52 Å². The molecule has 2 rings (SSSR count). The maximum absolute atomic E-state index is 12.8. The molecule has 1 aromatic heterocycles. The summed E-state index contributed by atoms with van der Waals surface area (Å²) in [5, 5.41) is 3.82. The Labute approximate surface area is 116 Å². The minimum Gasteiger partial charge on any atom is -0.338 e. The predicted molar refractivity (Wildman–Crippen MR) is 72.4 cm³/mol. The van der Waals surface area contributed by atoms with Crippen molar-refractivity contribution < 1.29 is 17.3 Å². The summed E-state index contributed by atoms with van der Waals surface area (Å²) in [6.07, 6.45) is 0. The smallest absolute Gasteiger partial charge is 0.264 e. The predicted octanol–water partition coefficient (Wildman–Crippen LogP) is 2.91. The van der Waals surface area contributed by atoms with E-state index < -0.39 is 15.8 Å². The van der Waals surface area contributed by atoms with Gasteiger partial charge in [-0.2, -0.15) is 0 Å². The number of sulfonamides is 1. The highest BCUT2D eigenvalue weighted by atomic mass is 32.2. The molecule has 7 heteroatoms. The highest BCUT2D eigenvalue weighted by Crippen LogP contribution is 2.25. The van der Waals surface area contributed by atoms with Crippen molar-refractivity contribution >= 4 is 15.9 Å². The molecule has 0 saturated carbocycles. The van der Waals surface area contributed by atoms with Crippen molar-refractivity contribution in [3.05, 3.63) is 41.8 Å². The first-order valence-corrected chi connectivity index (χ1v) is 7.42. The largest absolute Gasteiger partial charge is 0.338 e. The van der Waals surface area contributed by atoms with Crippen molar-refractivity contribution in [3.8, 4) is 0 Å². The maximum Gasteiger partial charge on any atom is 0.264 e. The average molecular weight is 298 g/mol. The molecule has 0 saturated heterocycles. The summed E-state index contributed by atoms with van der Waals surface area (Å²) < 4.78 is 44.1. The Bertz CT molecular complexity index is 700. The summed E-state index contributed by atoms with van der Waals surface area (Å²) in [5.41, 5.74) is 0.387. The summed E-state index contributed by atoms with van der Waals surface area (Å²) >= 11 is 0. The van der Waals surface area contributed by atoms with E-state index in [0.29, 0.717) is 5.69 Å². The monoisotopic (exact) mass is 298 g/mol. The normalized spacial score (nSPS) is 12.4. The summed E-state index contributed by atoms with van der Waals surface area (Å²) in [4.78, 5) is -0.0485. The molecule has 0 atom stereocenters. The van der Waals surface area contributed by atoms with E-state index in [4.69, 9.17) is 4.52 Å². The fourth-order valence-electron chi connectivity index (χ4n) is 1.48. The zero-order valence-electron chi connectivity index (χ0n) is 11.3. The number of rotatable bonds is 3. The lowest BCUT2D eigenvalue weighted by Crippen LogP contribution is -2.13. The van der Waals surface area contributed by atoms with Gasteiger partial charge in [0.05, 0.1) is 10.6 Å². The Morgan fingerprint density at radius 3 is 2.30 bits per heavy atom. The number of benzene rings is 1. The van der Waals surface area contributed by atoms with Crippen LogP contribution in [-0.2, 0) is 15.4 Å². The van der Waals surface area contributed by atoms with Gasteiger partial charge in [0.1, 0.15) is 5.82 Å². The molecule has 1 heterocycles. The van der Waals surface area contributed by atoms with Gasteiger partial charge in [-0.25, -0.2) is 17.5 Å². The number of nitrogens with one attached hydrogen (secondary N) is 1. The molecule has 108 valence electrons. The molecule has 1 aromatic carbocycles. The average Bonchev–Trinajstić information content (AvgIpc) is 2.77. The zero-order chi connectivity index (χ0) is 15.0. The molecule has 0 amide bonds. The van der Waals surface area contributed by atoms with Crippen LogP contribution >= 0.6 is 0 Å². The van der Waals surface area contributed by atoms with Gasteiger partial charge >= 0.3 is 0 Å². The van der Waals surface area contributed by atoms with Crippen molar-refractivity contribution in [2.24, 2.45) is 0 Å². The molecule has 1 N–H and O–H groups in total. The first-order valence-electron chi connectivity index (χ1n) is 5.94. The molecule has 0 radical (unpaired) electrons. The van der Waals surface area contributed by atoms with Gasteiger partial charge in [0.15, 0.2) is 0 Å². The quantitative estimate of drug-likeness (QED) is 0.945. The van der Waals surface area contributed by atoms with Crippen molar-refractivity contribution in [1.82, 2.24) is 5.16 Å². The summed E-state index contributed by atoms with van der Waals surface area (Å²) in [5.74, 6) is -0.474. The van der Waals surface area contributed by atoms with Gasteiger partial charge in [0, 0.05) is 11.5 Å². The third-order valence-electron chi connectivity index (χ3n) is 2.64. The number of hydrogen-bond donors (Lipinski definition) is 1. The third kappa shape index (κ3) is 3.16. The summed E-state index contributed by atoms with van der Waals surface area (Å²) in [6.45, 7) is 5.80. The van der Waals surface area contributed by atoms with Gasteiger partial charge in [-0.3, -0.25) is 0 Å². The highest BCUT2D eigenvalue weighted by Gasteiger charge is 2.22. The molecular formula is C13H15FN2O3S. The molecular weight excluding hydrogens is 283 g/mol. The highest BCUT2D eigenvalue weighted by molar-refractivity contribution is 7.92. The molecule has 0 aliphatic heterocycles. The van der Waals surface area contributed by atoms with Gasteiger partial charge in [0.2, 0.25) is 5.88 Å². The Morgan fingerprint density at radius 1 is 1.20 bits per heavy atom. The third-order valence-corrected chi connectivity index (χ3v) is 4.00. The molecule has 0 spiro atoms. The van der Waals surface area contributed by atoms with Crippen LogP contribution in [0.5, 0.6) is 0 Å². The van der Waals surface area contributed by atoms with Crippen LogP contribution in [0.25, 0.3) is 0 Å². The molecule has 0 unspecified atom stereocenters. The van der Waals surface area contributed by atoms with Crippen LogP contribution in [0.2, 0.25) is 0 Å². The van der Waals surface area contributed by atoms with Crippen LogP contribution in [0, 0.1) is 5.82 Å². The molecule has 0 fully saturated rings. The second kappa shape index (κ2) is 4.90. The lowest BCUT2D eigenvalue weighted by molar-refractivity contribution is 0.405. The van der Waals surface area contributed by atoms with Crippen molar-refractivity contribution in [3.63, 3.8) is 0 Å². The van der Waals surface area contributed by atoms with Crippen LogP contribution < -0.4 is 4.72 Å². The minimum atomic E-state index is -3.81. The van der Waals surface area contributed by atoms with E-state index in [1.54, 1.807) is 0 Å². The Kier molecular flexibility index (Phi) is 3.56. The van der Waals surface area contributed by atoms with E-state index in [-0.39, 0.29) is 16.2 Å². The zero-order valence-corrected chi connectivity index (χ0v) is 12.2. The Hall–Kier alpha value is -1.89. The van der Waals surface area contributed by atoms with Crippen molar-refractivity contribution in [2.45, 2.75) is 31.1 Å². The van der Waals surface area contributed by atoms with Crippen LogP contribution in [0.1, 0.15) is 26.5 Å².